The van der Waals surface area contributed by atoms with E-state index in [1.165, 1.54) is 0 Å². The van der Waals surface area contributed by atoms with Crippen LogP contribution in [0.15, 0.2) is 24.3 Å². The number of ether oxygens (including phenoxy) is 2. The Hall–Kier alpha value is -3.67. The van der Waals surface area contributed by atoms with Gasteiger partial charge in [-0.25, -0.2) is 0 Å². The summed E-state index contributed by atoms with van der Waals surface area (Å²) >= 11 is 0. The lowest BCUT2D eigenvalue weighted by atomic mass is 10.1. The van der Waals surface area contributed by atoms with E-state index in [0.717, 1.165) is 0 Å². The largest absolute Gasteiger partial charge is 0.493 e. The van der Waals surface area contributed by atoms with E-state index >= 15 is 0 Å². The molecule has 0 bridgehead atoms. The topological polar surface area (TPSA) is 178 Å². The number of carbonyl (C=O) groups excluding carboxylic acids is 5. The molecule has 0 aliphatic carbocycles. The molecule has 0 spiro atoms. The number of hydrogen-bond acceptors (Lipinski definition) is 7. The quantitative estimate of drug-likeness (QED) is 0.292. The summed E-state index contributed by atoms with van der Waals surface area (Å²) in [5.41, 5.74) is 5.45. The fourth-order valence-electron chi connectivity index (χ4n) is 3.52. The van der Waals surface area contributed by atoms with Gasteiger partial charge >= 0.3 is 0 Å². The van der Waals surface area contributed by atoms with Crippen molar-refractivity contribution in [1.82, 2.24) is 21.3 Å². The molecule has 1 aromatic carbocycles. The van der Waals surface area contributed by atoms with Crippen molar-refractivity contribution in [2.75, 3.05) is 33.4 Å². The molecular formula is C24H35N5O7. The second-order valence-corrected chi connectivity index (χ2v) is 8.32. The molecule has 1 unspecified atom stereocenters. The number of para-hydroxylation sites is 1. The summed E-state index contributed by atoms with van der Waals surface area (Å²) < 4.78 is 10.7. The van der Waals surface area contributed by atoms with Crippen molar-refractivity contribution in [1.29, 1.82) is 0 Å². The minimum atomic E-state index is -1.01. The van der Waals surface area contributed by atoms with Gasteiger partial charge in [0.15, 0.2) is 0 Å². The summed E-state index contributed by atoms with van der Waals surface area (Å²) in [7, 11) is 1.55. The zero-order valence-electron chi connectivity index (χ0n) is 20.5. The molecule has 1 aromatic rings. The molecule has 0 saturated carbocycles. The number of primary amides is 1. The van der Waals surface area contributed by atoms with E-state index in [0.29, 0.717) is 31.7 Å². The number of amides is 5. The van der Waals surface area contributed by atoms with Gasteiger partial charge < -0.3 is 36.5 Å². The fraction of sp³-hybridized carbons (Fsp3) is 0.542. The zero-order chi connectivity index (χ0) is 26.3. The van der Waals surface area contributed by atoms with Crippen LogP contribution in [0.25, 0.3) is 0 Å². The summed E-state index contributed by atoms with van der Waals surface area (Å²) in [6.45, 7) is 1.27. The van der Waals surface area contributed by atoms with Crippen LogP contribution in [0, 0.1) is 0 Å². The fourth-order valence-corrected chi connectivity index (χ4v) is 3.52. The molecule has 2 atom stereocenters. The summed E-state index contributed by atoms with van der Waals surface area (Å²) in [6, 6.07) is 4.66. The molecule has 0 radical (unpaired) electrons. The van der Waals surface area contributed by atoms with Crippen molar-refractivity contribution in [3.05, 3.63) is 29.8 Å². The normalized spacial score (nSPS) is 19.6. The summed E-state index contributed by atoms with van der Waals surface area (Å²) in [6.07, 6.45) is 0.814. The van der Waals surface area contributed by atoms with E-state index in [4.69, 9.17) is 15.2 Å². The third-order valence-electron chi connectivity index (χ3n) is 5.45. The van der Waals surface area contributed by atoms with Crippen LogP contribution in [-0.2, 0) is 23.9 Å². The highest BCUT2D eigenvalue weighted by molar-refractivity contribution is 5.99. The molecule has 198 valence electrons. The molecule has 0 aromatic heterocycles. The number of methoxy groups -OCH3 is 1. The average Bonchev–Trinajstić information content (AvgIpc) is 2.85. The van der Waals surface area contributed by atoms with Gasteiger partial charge in [-0.3, -0.25) is 24.0 Å². The Labute approximate surface area is 210 Å². The highest BCUT2D eigenvalue weighted by Gasteiger charge is 2.26. The third-order valence-corrected chi connectivity index (χ3v) is 5.45. The molecule has 0 saturated heterocycles. The first-order valence-electron chi connectivity index (χ1n) is 12.0. The lowest BCUT2D eigenvalue weighted by Gasteiger charge is -2.22. The Morgan fingerprint density at radius 1 is 1.19 bits per heavy atom. The SMILES string of the molecule is COCCCNC(=O)[C@@H]1CCC(=O)NC(CCC(N)=O)C(=O)NCCCOc2ccccc2C(=O)N1. The van der Waals surface area contributed by atoms with E-state index in [1.54, 1.807) is 31.4 Å². The first-order valence-corrected chi connectivity index (χ1v) is 12.0. The van der Waals surface area contributed by atoms with E-state index < -0.39 is 41.6 Å². The minimum Gasteiger partial charge on any atom is -0.493 e. The van der Waals surface area contributed by atoms with Gasteiger partial charge in [0.25, 0.3) is 5.91 Å². The van der Waals surface area contributed by atoms with Crippen molar-refractivity contribution in [2.45, 2.75) is 50.6 Å². The van der Waals surface area contributed by atoms with Gasteiger partial charge in [-0.1, -0.05) is 12.1 Å². The van der Waals surface area contributed by atoms with Crippen LogP contribution in [0.4, 0.5) is 0 Å². The molecule has 2 rings (SSSR count). The van der Waals surface area contributed by atoms with Crippen molar-refractivity contribution in [2.24, 2.45) is 5.73 Å². The highest BCUT2D eigenvalue weighted by Crippen LogP contribution is 2.18. The van der Waals surface area contributed by atoms with Crippen molar-refractivity contribution < 1.29 is 33.4 Å². The van der Waals surface area contributed by atoms with Crippen molar-refractivity contribution in [3.8, 4) is 5.75 Å². The second-order valence-electron chi connectivity index (χ2n) is 8.32. The van der Waals surface area contributed by atoms with Gasteiger partial charge in [0.1, 0.15) is 17.8 Å². The number of fused-ring (bicyclic) bond motifs is 1. The van der Waals surface area contributed by atoms with Crippen LogP contribution < -0.4 is 31.7 Å². The van der Waals surface area contributed by atoms with Crippen LogP contribution in [-0.4, -0.2) is 75.0 Å². The number of rotatable bonds is 8. The minimum absolute atomic E-state index is 0.0130. The van der Waals surface area contributed by atoms with E-state index in [-0.39, 0.29) is 44.4 Å². The molecule has 1 aliphatic rings. The number of benzene rings is 1. The number of hydrogen-bond donors (Lipinski definition) is 5. The van der Waals surface area contributed by atoms with Gasteiger partial charge in [-0.2, -0.15) is 0 Å². The molecule has 5 amide bonds. The first kappa shape index (κ1) is 28.6. The first-order chi connectivity index (χ1) is 17.3. The molecule has 0 fully saturated rings. The maximum Gasteiger partial charge on any atom is 0.255 e. The molecule has 36 heavy (non-hydrogen) atoms. The van der Waals surface area contributed by atoms with Gasteiger partial charge in [0.2, 0.25) is 23.6 Å². The zero-order valence-corrected chi connectivity index (χ0v) is 20.5. The monoisotopic (exact) mass is 505 g/mol. The van der Waals surface area contributed by atoms with Crippen LogP contribution >= 0.6 is 0 Å². The maximum absolute atomic E-state index is 13.0. The van der Waals surface area contributed by atoms with Crippen molar-refractivity contribution >= 4 is 29.5 Å². The Morgan fingerprint density at radius 2 is 1.97 bits per heavy atom. The standard InChI is InChI=1S/C24H35N5O7/c1-35-14-4-12-26-24(34)18-9-11-21(31)28-17(8-10-20(25)30)23(33)27-13-5-15-36-19-7-3-2-6-16(19)22(32)29-18/h2-3,6-7,17-18H,4-5,8-15H2,1H3,(H2,25,30)(H,26,34)(H,27,33)(H,28,31)(H,29,32)/t17?,18-/m0/s1. The molecule has 6 N–H and O–H groups in total. The van der Waals surface area contributed by atoms with Gasteiger partial charge in [0, 0.05) is 39.6 Å². The number of carbonyl (C=O) groups is 5. The predicted octanol–water partition coefficient (Wildman–Crippen LogP) is -0.633. The Morgan fingerprint density at radius 3 is 2.72 bits per heavy atom. The smallest absolute Gasteiger partial charge is 0.255 e. The van der Waals surface area contributed by atoms with Crippen LogP contribution in [0.3, 0.4) is 0 Å². The summed E-state index contributed by atoms with van der Waals surface area (Å²) in [5.74, 6) is -2.16. The van der Waals surface area contributed by atoms with Crippen molar-refractivity contribution in [3.63, 3.8) is 0 Å². The Balaban J connectivity index is 2.21. The summed E-state index contributed by atoms with van der Waals surface area (Å²) in [5, 5.41) is 10.7. The van der Waals surface area contributed by atoms with Gasteiger partial charge in [0.05, 0.1) is 12.2 Å². The molecular weight excluding hydrogens is 470 g/mol. The molecule has 1 aliphatic heterocycles. The predicted molar refractivity (Wildman–Crippen MR) is 130 cm³/mol. The second kappa shape index (κ2) is 15.4. The number of nitrogens with two attached hydrogens (primary N) is 1. The van der Waals surface area contributed by atoms with E-state index in [2.05, 4.69) is 21.3 Å². The highest BCUT2D eigenvalue weighted by atomic mass is 16.5. The van der Waals surface area contributed by atoms with Crippen LogP contribution in [0.5, 0.6) is 5.75 Å². The molecule has 12 heteroatoms. The number of nitrogens with one attached hydrogen (secondary N) is 4. The van der Waals surface area contributed by atoms with Crippen LogP contribution in [0.2, 0.25) is 0 Å². The van der Waals surface area contributed by atoms with Gasteiger partial charge in [-0.15, -0.1) is 0 Å². The van der Waals surface area contributed by atoms with Gasteiger partial charge in [-0.05, 0) is 37.8 Å². The third kappa shape index (κ3) is 9.90. The molecule has 12 nitrogen and oxygen atoms in total. The average molecular weight is 506 g/mol. The lowest BCUT2D eigenvalue weighted by molar-refractivity contribution is -0.130. The van der Waals surface area contributed by atoms with Crippen LogP contribution in [0.1, 0.15) is 48.9 Å². The summed E-state index contributed by atoms with van der Waals surface area (Å²) in [4.78, 5) is 62.3. The van der Waals surface area contributed by atoms with E-state index in [1.807, 2.05) is 0 Å². The van der Waals surface area contributed by atoms with E-state index in [9.17, 15) is 24.0 Å². The Bertz CT molecular complexity index is 924. The molecule has 1 heterocycles. The Kier molecular flexibility index (Phi) is 12.2. The maximum atomic E-state index is 13.0. The lowest BCUT2D eigenvalue weighted by Crippen LogP contribution is -2.49.